The third-order valence-corrected chi connectivity index (χ3v) is 2.99. The van der Waals surface area contributed by atoms with E-state index in [4.69, 9.17) is 16.3 Å². The van der Waals surface area contributed by atoms with Crippen LogP contribution in [0.3, 0.4) is 0 Å². The first-order valence-electron chi connectivity index (χ1n) is 5.09. The molecule has 1 aromatic rings. The van der Waals surface area contributed by atoms with E-state index in [2.05, 4.69) is 4.98 Å². The Bertz CT molecular complexity index is 407. The third kappa shape index (κ3) is 2.24. The molecule has 1 fully saturated rings. The van der Waals surface area contributed by atoms with Gasteiger partial charge in [-0.05, 0) is 18.8 Å². The number of hydrogen-bond donors (Lipinski definition) is 0. The predicted octanol–water partition coefficient (Wildman–Crippen LogP) is 2.82. The van der Waals surface area contributed by atoms with E-state index in [0.717, 1.165) is 19.0 Å². The maximum Gasteiger partial charge on any atom is 0.330 e. The first kappa shape index (κ1) is 11.1. The summed E-state index contributed by atoms with van der Waals surface area (Å²) in [6.07, 6.45) is 5.96. The second-order valence-corrected chi connectivity index (χ2v) is 4.24. The predicted molar refractivity (Wildman–Crippen MR) is 58.7 cm³/mol. The summed E-state index contributed by atoms with van der Waals surface area (Å²) in [7, 11) is 0. The SMILES string of the molecule is O=[N+]([O-])c1cncc(Cl)c1OCC1CCC1. The van der Waals surface area contributed by atoms with E-state index < -0.39 is 4.92 Å². The highest BCUT2D eigenvalue weighted by atomic mass is 35.5. The Balaban J connectivity index is 2.13. The average Bonchev–Trinajstić information content (AvgIpc) is 2.17. The van der Waals surface area contributed by atoms with Crippen LogP contribution in [-0.4, -0.2) is 16.5 Å². The molecule has 1 aliphatic carbocycles. The van der Waals surface area contributed by atoms with Crippen LogP contribution in [-0.2, 0) is 0 Å². The van der Waals surface area contributed by atoms with Gasteiger partial charge < -0.3 is 4.74 Å². The molecular formula is C10H11ClN2O3. The first-order valence-corrected chi connectivity index (χ1v) is 5.47. The summed E-state index contributed by atoms with van der Waals surface area (Å²) in [4.78, 5) is 13.9. The lowest BCUT2D eigenvalue weighted by atomic mass is 9.86. The van der Waals surface area contributed by atoms with Crippen molar-refractivity contribution in [2.24, 2.45) is 5.92 Å². The molecule has 86 valence electrons. The van der Waals surface area contributed by atoms with Gasteiger partial charge in [0.2, 0.25) is 5.75 Å². The molecule has 6 heteroatoms. The fourth-order valence-corrected chi connectivity index (χ4v) is 1.75. The van der Waals surface area contributed by atoms with E-state index in [0.29, 0.717) is 12.5 Å². The third-order valence-electron chi connectivity index (χ3n) is 2.72. The summed E-state index contributed by atoms with van der Waals surface area (Å²) in [5.74, 6) is 0.636. The van der Waals surface area contributed by atoms with Gasteiger partial charge in [0.05, 0.1) is 11.5 Å². The molecule has 1 saturated carbocycles. The van der Waals surface area contributed by atoms with Crippen LogP contribution in [0.4, 0.5) is 5.69 Å². The largest absolute Gasteiger partial charge is 0.485 e. The number of ether oxygens (including phenoxy) is 1. The van der Waals surface area contributed by atoms with E-state index in [-0.39, 0.29) is 16.5 Å². The number of aromatic nitrogens is 1. The van der Waals surface area contributed by atoms with E-state index in [9.17, 15) is 10.1 Å². The van der Waals surface area contributed by atoms with Gasteiger partial charge in [-0.3, -0.25) is 15.1 Å². The molecule has 0 saturated heterocycles. The van der Waals surface area contributed by atoms with E-state index in [1.54, 1.807) is 0 Å². The van der Waals surface area contributed by atoms with Crippen LogP contribution in [0.1, 0.15) is 19.3 Å². The lowest BCUT2D eigenvalue weighted by Crippen LogP contribution is -2.19. The molecule has 0 N–H and O–H groups in total. The zero-order valence-corrected chi connectivity index (χ0v) is 9.31. The number of halogens is 1. The molecule has 0 aromatic carbocycles. The number of hydrogen-bond acceptors (Lipinski definition) is 4. The minimum Gasteiger partial charge on any atom is -0.485 e. The van der Waals surface area contributed by atoms with Crippen molar-refractivity contribution in [3.63, 3.8) is 0 Å². The maximum absolute atomic E-state index is 10.7. The minimum atomic E-state index is -0.533. The summed E-state index contributed by atoms with van der Waals surface area (Å²) in [5, 5.41) is 10.9. The molecule has 1 aromatic heterocycles. The van der Waals surface area contributed by atoms with Crippen molar-refractivity contribution in [1.29, 1.82) is 0 Å². The summed E-state index contributed by atoms with van der Waals surface area (Å²) >= 11 is 5.83. The van der Waals surface area contributed by atoms with E-state index >= 15 is 0 Å². The molecule has 1 aliphatic rings. The highest BCUT2D eigenvalue weighted by Gasteiger charge is 2.23. The molecule has 1 heterocycles. The van der Waals surface area contributed by atoms with Crippen molar-refractivity contribution in [2.45, 2.75) is 19.3 Å². The topological polar surface area (TPSA) is 65.3 Å². The molecule has 5 nitrogen and oxygen atoms in total. The second-order valence-electron chi connectivity index (χ2n) is 3.83. The van der Waals surface area contributed by atoms with Gasteiger partial charge in [0, 0.05) is 6.20 Å². The molecule has 2 rings (SSSR count). The standard InChI is InChI=1S/C10H11ClN2O3/c11-8-4-12-5-9(13(14)15)10(8)16-6-7-2-1-3-7/h4-5,7H,1-3,6H2. The van der Waals surface area contributed by atoms with Crippen LogP contribution in [0, 0.1) is 16.0 Å². The fourth-order valence-electron chi connectivity index (χ4n) is 1.55. The van der Waals surface area contributed by atoms with Crippen molar-refractivity contribution in [1.82, 2.24) is 4.98 Å². The minimum absolute atomic E-state index is 0.133. The highest BCUT2D eigenvalue weighted by molar-refractivity contribution is 6.32. The smallest absolute Gasteiger partial charge is 0.330 e. The Labute approximate surface area is 97.5 Å². The lowest BCUT2D eigenvalue weighted by Gasteiger charge is -2.25. The summed E-state index contributed by atoms with van der Waals surface area (Å²) in [6.45, 7) is 0.491. The van der Waals surface area contributed by atoms with Crippen molar-refractivity contribution >= 4 is 17.3 Å². The molecule has 0 unspecified atom stereocenters. The van der Waals surface area contributed by atoms with Crippen LogP contribution in [0.15, 0.2) is 12.4 Å². The number of rotatable bonds is 4. The zero-order chi connectivity index (χ0) is 11.5. The molecule has 0 spiro atoms. The number of pyridine rings is 1. The Morgan fingerprint density at radius 1 is 1.56 bits per heavy atom. The van der Waals surface area contributed by atoms with Gasteiger partial charge in [-0.2, -0.15) is 0 Å². The van der Waals surface area contributed by atoms with Crippen LogP contribution in [0.25, 0.3) is 0 Å². The molecule has 0 aliphatic heterocycles. The van der Waals surface area contributed by atoms with Crippen molar-refractivity contribution < 1.29 is 9.66 Å². The van der Waals surface area contributed by atoms with E-state index in [1.807, 2.05) is 0 Å². The Kier molecular flexibility index (Phi) is 3.24. The Morgan fingerprint density at radius 2 is 2.31 bits per heavy atom. The zero-order valence-electron chi connectivity index (χ0n) is 8.56. The maximum atomic E-state index is 10.7. The molecule has 0 amide bonds. The van der Waals surface area contributed by atoms with Gasteiger partial charge in [-0.15, -0.1) is 0 Å². The number of nitrogens with zero attached hydrogens (tertiary/aromatic N) is 2. The highest BCUT2D eigenvalue weighted by Crippen LogP contribution is 2.35. The molecule has 16 heavy (non-hydrogen) atoms. The normalized spacial score (nSPS) is 15.6. The van der Waals surface area contributed by atoms with Crippen molar-refractivity contribution in [3.8, 4) is 5.75 Å². The van der Waals surface area contributed by atoms with Crippen molar-refractivity contribution in [3.05, 3.63) is 27.5 Å². The van der Waals surface area contributed by atoms with Gasteiger partial charge in [-0.25, -0.2) is 0 Å². The van der Waals surface area contributed by atoms with Crippen LogP contribution >= 0.6 is 11.6 Å². The molecule has 0 atom stereocenters. The molecule has 0 bridgehead atoms. The lowest BCUT2D eigenvalue weighted by molar-refractivity contribution is -0.386. The monoisotopic (exact) mass is 242 g/mol. The molecule has 0 radical (unpaired) electrons. The summed E-state index contributed by atoms with van der Waals surface area (Å²) < 4.78 is 5.42. The summed E-state index contributed by atoms with van der Waals surface area (Å²) in [6, 6.07) is 0. The van der Waals surface area contributed by atoms with Gasteiger partial charge in [0.25, 0.3) is 0 Å². The van der Waals surface area contributed by atoms with Gasteiger partial charge >= 0.3 is 5.69 Å². The average molecular weight is 243 g/mol. The summed E-state index contributed by atoms with van der Waals surface area (Å²) in [5.41, 5.74) is -0.174. The van der Waals surface area contributed by atoms with Gasteiger partial charge in [0.15, 0.2) is 0 Å². The Hall–Kier alpha value is -1.36. The van der Waals surface area contributed by atoms with Crippen molar-refractivity contribution in [2.75, 3.05) is 6.61 Å². The van der Waals surface area contributed by atoms with Crippen LogP contribution in [0.2, 0.25) is 5.02 Å². The molecular weight excluding hydrogens is 232 g/mol. The fraction of sp³-hybridized carbons (Fsp3) is 0.500. The van der Waals surface area contributed by atoms with E-state index in [1.165, 1.54) is 12.6 Å². The van der Waals surface area contributed by atoms with Crippen LogP contribution < -0.4 is 4.74 Å². The quantitative estimate of drug-likeness (QED) is 0.602. The van der Waals surface area contributed by atoms with Gasteiger partial charge in [-0.1, -0.05) is 18.0 Å². The Morgan fingerprint density at radius 3 is 2.88 bits per heavy atom. The second kappa shape index (κ2) is 4.65. The number of nitro groups is 1. The first-order chi connectivity index (χ1) is 7.68. The van der Waals surface area contributed by atoms with Crippen LogP contribution in [0.5, 0.6) is 5.75 Å². The van der Waals surface area contributed by atoms with Gasteiger partial charge in [0.1, 0.15) is 11.2 Å².